The number of halogens is 3. The van der Waals surface area contributed by atoms with E-state index in [0.717, 1.165) is 18.2 Å². The topological polar surface area (TPSA) is 58.2 Å². The van der Waals surface area contributed by atoms with Crippen LogP contribution in [-0.4, -0.2) is 35.5 Å². The van der Waals surface area contributed by atoms with Crippen molar-refractivity contribution >= 4 is 29.1 Å². The molecule has 0 saturated carbocycles. The summed E-state index contributed by atoms with van der Waals surface area (Å²) in [5, 5.41) is 6.24. The van der Waals surface area contributed by atoms with E-state index < -0.39 is 22.4 Å². The average Bonchev–Trinajstić information content (AvgIpc) is 2.64. The van der Waals surface area contributed by atoms with Crippen LogP contribution in [0.1, 0.15) is 33.8 Å². The van der Waals surface area contributed by atoms with Gasteiger partial charge in [-0.15, -0.1) is 12.4 Å². The van der Waals surface area contributed by atoms with E-state index in [9.17, 15) is 17.8 Å². The number of hydrogen-bond donors (Lipinski definition) is 2. The maximum absolute atomic E-state index is 13.6. The molecule has 1 fully saturated rings. The summed E-state index contributed by atoms with van der Waals surface area (Å²) in [6.45, 7) is 1.29. The van der Waals surface area contributed by atoms with Crippen LogP contribution < -0.4 is 10.6 Å². The summed E-state index contributed by atoms with van der Waals surface area (Å²) in [5.41, 5.74) is 2.01. The van der Waals surface area contributed by atoms with Crippen LogP contribution in [0, 0.1) is 11.6 Å². The number of amides is 1. The molecule has 8 heteroatoms. The molecule has 3 rings (SSSR count). The third-order valence-corrected chi connectivity index (χ3v) is 5.47. The van der Waals surface area contributed by atoms with E-state index in [2.05, 4.69) is 10.6 Å². The second kappa shape index (κ2) is 10.1. The van der Waals surface area contributed by atoms with Gasteiger partial charge in [-0.3, -0.25) is 9.00 Å². The van der Waals surface area contributed by atoms with Gasteiger partial charge in [-0.05, 0) is 48.4 Å². The van der Waals surface area contributed by atoms with Gasteiger partial charge in [0.1, 0.15) is 0 Å². The first kappa shape index (κ1) is 22.5. The van der Waals surface area contributed by atoms with Crippen LogP contribution in [0.2, 0.25) is 0 Å². The average molecular weight is 429 g/mol. The first-order valence-corrected chi connectivity index (χ1v) is 10.5. The van der Waals surface area contributed by atoms with Crippen LogP contribution in [0.5, 0.6) is 0 Å². The largest absolute Gasteiger partial charge is 0.347 e. The Morgan fingerprint density at radius 3 is 2.71 bits per heavy atom. The Bertz CT molecular complexity index is 866. The maximum atomic E-state index is 13.6. The van der Waals surface area contributed by atoms with Crippen molar-refractivity contribution in [2.75, 3.05) is 19.3 Å². The van der Waals surface area contributed by atoms with Crippen LogP contribution in [0.15, 0.2) is 42.5 Å². The number of carbonyl (C=O) groups excluding carboxylic acids is 1. The van der Waals surface area contributed by atoms with Crippen LogP contribution in [0.4, 0.5) is 8.78 Å². The summed E-state index contributed by atoms with van der Waals surface area (Å²) in [7, 11) is -0.987. The van der Waals surface area contributed by atoms with Crippen molar-refractivity contribution in [3.8, 4) is 0 Å². The zero-order chi connectivity index (χ0) is 19.4. The third kappa shape index (κ3) is 5.59. The predicted molar refractivity (Wildman–Crippen MR) is 109 cm³/mol. The van der Waals surface area contributed by atoms with E-state index in [1.54, 1.807) is 30.5 Å². The third-order valence-electron chi connectivity index (χ3n) is 4.73. The molecule has 0 bridgehead atoms. The van der Waals surface area contributed by atoms with Gasteiger partial charge in [0.25, 0.3) is 5.91 Å². The second-order valence-electron chi connectivity index (χ2n) is 6.77. The van der Waals surface area contributed by atoms with Gasteiger partial charge in [-0.1, -0.05) is 18.2 Å². The molecule has 4 nitrogen and oxygen atoms in total. The normalized spacial score (nSPS) is 20.1. The van der Waals surface area contributed by atoms with Gasteiger partial charge in [-0.2, -0.15) is 0 Å². The molecule has 2 aromatic rings. The fourth-order valence-electron chi connectivity index (χ4n) is 3.44. The zero-order valence-corrected chi connectivity index (χ0v) is 17.0. The highest BCUT2D eigenvalue weighted by Gasteiger charge is 2.28. The standard InChI is InChI=1S/C20H22F2N2O2S.ClH/c1-27(26)12-13-3-2-4-15(9-13)20(25)24-19-11-23-8-7-16(19)14-5-6-17(21)18(22)10-14;/h2-6,9-10,16,19,23H,7-8,11-12H2,1H3,(H,24,25);1H. The van der Waals surface area contributed by atoms with E-state index in [0.29, 0.717) is 29.8 Å². The molecule has 3 unspecified atom stereocenters. The molecule has 1 amide bonds. The fraction of sp³-hybridized carbons (Fsp3) is 0.350. The molecular weight excluding hydrogens is 406 g/mol. The second-order valence-corrected chi connectivity index (χ2v) is 8.21. The maximum Gasteiger partial charge on any atom is 0.251 e. The molecular formula is C20H23ClF2N2O2S. The molecule has 1 aliphatic heterocycles. The van der Waals surface area contributed by atoms with Crippen LogP contribution in [0.3, 0.4) is 0 Å². The van der Waals surface area contributed by atoms with E-state index >= 15 is 0 Å². The Labute approximate surface area is 172 Å². The SMILES string of the molecule is CS(=O)Cc1cccc(C(=O)NC2CNCCC2c2ccc(F)c(F)c2)c1.Cl. The molecule has 2 N–H and O–H groups in total. The molecule has 0 spiro atoms. The van der Waals surface area contributed by atoms with Crippen molar-refractivity contribution in [2.45, 2.75) is 24.1 Å². The van der Waals surface area contributed by atoms with Gasteiger partial charge in [0.15, 0.2) is 11.6 Å². The summed E-state index contributed by atoms with van der Waals surface area (Å²) >= 11 is 0. The van der Waals surface area contributed by atoms with Gasteiger partial charge in [-0.25, -0.2) is 8.78 Å². The molecule has 0 aliphatic carbocycles. The van der Waals surface area contributed by atoms with E-state index in [1.807, 2.05) is 6.07 Å². The minimum absolute atomic E-state index is 0. The summed E-state index contributed by atoms with van der Waals surface area (Å²) < 4.78 is 38.3. The summed E-state index contributed by atoms with van der Waals surface area (Å²) in [5.74, 6) is -1.70. The molecule has 1 aliphatic rings. The van der Waals surface area contributed by atoms with E-state index in [1.165, 1.54) is 6.07 Å². The molecule has 1 saturated heterocycles. The Hall–Kier alpha value is -1.83. The van der Waals surface area contributed by atoms with Gasteiger partial charge in [0.2, 0.25) is 0 Å². The monoisotopic (exact) mass is 428 g/mol. The van der Waals surface area contributed by atoms with Crippen LogP contribution in [0.25, 0.3) is 0 Å². The molecule has 28 heavy (non-hydrogen) atoms. The predicted octanol–water partition coefficient (Wildman–Crippen LogP) is 3.14. The summed E-state index contributed by atoms with van der Waals surface area (Å²) in [4.78, 5) is 12.7. The quantitative estimate of drug-likeness (QED) is 0.769. The highest BCUT2D eigenvalue weighted by atomic mass is 35.5. The Morgan fingerprint density at radius 2 is 2.00 bits per heavy atom. The van der Waals surface area contributed by atoms with Crippen molar-refractivity contribution in [2.24, 2.45) is 0 Å². The van der Waals surface area contributed by atoms with E-state index in [4.69, 9.17) is 0 Å². The van der Waals surface area contributed by atoms with Gasteiger partial charge < -0.3 is 10.6 Å². The Morgan fingerprint density at radius 1 is 1.21 bits per heavy atom. The summed E-state index contributed by atoms with van der Waals surface area (Å²) in [6.07, 6.45) is 2.33. The Kier molecular flexibility index (Phi) is 8.10. The number of carbonyl (C=O) groups is 1. The lowest BCUT2D eigenvalue weighted by atomic mass is 9.85. The van der Waals surface area contributed by atoms with Crippen LogP contribution in [-0.2, 0) is 16.6 Å². The molecule has 0 aromatic heterocycles. The number of piperidine rings is 1. The first-order chi connectivity index (χ1) is 12.9. The van der Waals surface area contributed by atoms with Gasteiger partial charge >= 0.3 is 0 Å². The zero-order valence-electron chi connectivity index (χ0n) is 15.4. The van der Waals surface area contributed by atoms with E-state index in [-0.39, 0.29) is 30.3 Å². The fourth-order valence-corrected chi connectivity index (χ4v) is 4.09. The minimum Gasteiger partial charge on any atom is -0.347 e. The highest BCUT2D eigenvalue weighted by molar-refractivity contribution is 7.83. The minimum atomic E-state index is -0.987. The van der Waals surface area contributed by atoms with Gasteiger partial charge in [0, 0.05) is 46.9 Å². The van der Waals surface area contributed by atoms with Gasteiger partial charge in [0.05, 0.1) is 0 Å². The lowest BCUT2D eigenvalue weighted by Crippen LogP contribution is -2.50. The Balaban J connectivity index is 0.00000280. The number of rotatable bonds is 5. The lowest BCUT2D eigenvalue weighted by Gasteiger charge is -2.33. The van der Waals surface area contributed by atoms with Crippen molar-refractivity contribution in [3.63, 3.8) is 0 Å². The lowest BCUT2D eigenvalue weighted by molar-refractivity contribution is 0.0924. The smallest absolute Gasteiger partial charge is 0.251 e. The first-order valence-electron chi connectivity index (χ1n) is 8.79. The highest BCUT2D eigenvalue weighted by Crippen LogP contribution is 2.27. The van der Waals surface area contributed by atoms with Crippen molar-refractivity contribution in [1.29, 1.82) is 0 Å². The van der Waals surface area contributed by atoms with Crippen LogP contribution >= 0.6 is 12.4 Å². The van der Waals surface area contributed by atoms with Crippen molar-refractivity contribution in [1.82, 2.24) is 10.6 Å². The summed E-state index contributed by atoms with van der Waals surface area (Å²) in [6, 6.07) is 10.7. The van der Waals surface area contributed by atoms with Crippen molar-refractivity contribution in [3.05, 3.63) is 70.8 Å². The molecule has 152 valence electrons. The number of hydrogen-bond acceptors (Lipinski definition) is 3. The van der Waals surface area contributed by atoms with Crippen molar-refractivity contribution < 1.29 is 17.8 Å². The number of nitrogens with one attached hydrogen (secondary N) is 2. The molecule has 3 atom stereocenters. The molecule has 2 aromatic carbocycles. The molecule has 0 radical (unpaired) electrons. The number of benzene rings is 2. The molecule has 1 heterocycles.